The van der Waals surface area contributed by atoms with E-state index in [1.165, 1.54) is 0 Å². The Bertz CT molecular complexity index is 1230. The van der Waals surface area contributed by atoms with Crippen LogP contribution in [-0.2, 0) is 0 Å². The molecule has 3 aromatic heterocycles. The lowest BCUT2D eigenvalue weighted by Gasteiger charge is -2.22. The lowest BCUT2D eigenvalue weighted by molar-refractivity contribution is 0.0905. The van der Waals surface area contributed by atoms with E-state index in [0.29, 0.717) is 11.2 Å². The molecule has 0 spiro atoms. The Hall–Kier alpha value is -3.03. The van der Waals surface area contributed by atoms with E-state index in [1.54, 1.807) is 6.07 Å². The number of fused-ring (bicyclic) bond motifs is 5. The number of aliphatic hydroxyl groups excluding tert-OH is 1. The summed E-state index contributed by atoms with van der Waals surface area (Å²) in [6.45, 7) is 3.46. The minimum Gasteiger partial charge on any atom is -0.388 e. The average molecular weight is 389 g/mol. The molecule has 0 amide bonds. The first-order valence-corrected chi connectivity index (χ1v) is 9.94. The Kier molecular flexibility index (Phi) is 4.41. The van der Waals surface area contributed by atoms with Gasteiger partial charge in [0.2, 0.25) is 0 Å². The molecule has 29 heavy (non-hydrogen) atoms. The third kappa shape index (κ3) is 3.03. The molecule has 5 rings (SSSR count). The lowest BCUT2D eigenvalue weighted by atomic mass is 10.1. The van der Waals surface area contributed by atoms with Crippen LogP contribution >= 0.6 is 0 Å². The quantitative estimate of drug-likeness (QED) is 0.542. The highest BCUT2D eigenvalue weighted by atomic mass is 16.3. The van der Waals surface area contributed by atoms with E-state index in [0.717, 1.165) is 60.5 Å². The van der Waals surface area contributed by atoms with Gasteiger partial charge in [0.05, 0.1) is 16.6 Å². The molecule has 0 saturated carbocycles. The second kappa shape index (κ2) is 7.09. The first-order chi connectivity index (χ1) is 14.2. The summed E-state index contributed by atoms with van der Waals surface area (Å²) in [5.41, 5.74) is 3.44. The maximum Gasteiger partial charge on any atom is 0.191 e. The summed E-state index contributed by atoms with van der Waals surface area (Å²) in [6, 6.07) is 13.6. The molecule has 148 valence electrons. The summed E-state index contributed by atoms with van der Waals surface area (Å²) in [4.78, 5) is 26.7. The van der Waals surface area contributed by atoms with Gasteiger partial charge in [-0.05, 0) is 50.3 Å². The third-order valence-electron chi connectivity index (χ3n) is 5.69. The Morgan fingerprint density at radius 2 is 1.90 bits per heavy atom. The van der Waals surface area contributed by atoms with E-state index in [2.05, 4.69) is 21.8 Å². The summed E-state index contributed by atoms with van der Waals surface area (Å²) >= 11 is 0. The molecule has 1 N–H and O–H groups in total. The number of Topliss-reactive ketones (excluding diaryl/α,β-unsaturated/α-hetero) is 1. The van der Waals surface area contributed by atoms with Gasteiger partial charge in [0.15, 0.2) is 11.4 Å². The highest BCUT2D eigenvalue weighted by molar-refractivity contribution is 6.07. The standard InChI is InChI=1S/C22H23N5O2/c1-25-9-4-10-26(12-11-25)20-8-7-15-13-16(19(29)14-28)22-23-17-5-2-3-6-18(17)27(22)21(15)24-20/h2-3,5-8,13,28H,4,9-12,14H2,1H3. The number of likely N-dealkylation sites (N-methyl/N-ethyl adjacent to an activating group) is 1. The molecular weight excluding hydrogens is 366 g/mol. The number of pyridine rings is 2. The molecule has 1 aliphatic rings. The molecule has 1 aliphatic heterocycles. The molecule has 7 heteroatoms. The zero-order valence-corrected chi connectivity index (χ0v) is 16.4. The summed E-state index contributed by atoms with van der Waals surface area (Å²) < 4.78 is 1.95. The van der Waals surface area contributed by atoms with Crippen molar-refractivity contribution in [3.05, 3.63) is 48.0 Å². The number of hydrogen-bond donors (Lipinski definition) is 1. The Labute approximate surface area is 168 Å². The smallest absolute Gasteiger partial charge is 0.191 e. The number of aromatic nitrogens is 3. The van der Waals surface area contributed by atoms with Crippen LogP contribution in [0.25, 0.3) is 27.7 Å². The maximum atomic E-state index is 12.4. The van der Waals surface area contributed by atoms with E-state index in [-0.39, 0.29) is 5.78 Å². The Balaban J connectivity index is 1.76. The number of hydrogen-bond acceptors (Lipinski definition) is 6. The number of anilines is 1. The summed E-state index contributed by atoms with van der Waals surface area (Å²) in [7, 11) is 2.15. The van der Waals surface area contributed by atoms with Crippen molar-refractivity contribution in [2.45, 2.75) is 6.42 Å². The number of aliphatic hydroxyl groups is 1. The molecule has 1 saturated heterocycles. The van der Waals surface area contributed by atoms with Gasteiger partial charge in [-0.2, -0.15) is 0 Å². The molecule has 7 nitrogen and oxygen atoms in total. The first-order valence-electron chi connectivity index (χ1n) is 9.94. The molecular formula is C22H23N5O2. The zero-order valence-electron chi connectivity index (χ0n) is 16.4. The SMILES string of the molecule is CN1CCCN(c2ccc3cc(C(=O)CO)c4nc5ccccc5n4c3n2)CC1. The van der Waals surface area contributed by atoms with Gasteiger partial charge < -0.3 is 14.9 Å². The zero-order chi connectivity index (χ0) is 20.0. The average Bonchev–Trinajstić information content (AvgIpc) is 3.01. The number of carbonyl (C=O) groups is 1. The number of ketones is 1. The van der Waals surface area contributed by atoms with E-state index < -0.39 is 6.61 Å². The van der Waals surface area contributed by atoms with Crippen molar-refractivity contribution in [1.82, 2.24) is 19.3 Å². The first kappa shape index (κ1) is 18.0. The summed E-state index contributed by atoms with van der Waals surface area (Å²) in [5.74, 6) is 0.597. The van der Waals surface area contributed by atoms with Gasteiger partial charge in [0, 0.05) is 25.0 Å². The monoisotopic (exact) mass is 389 g/mol. The van der Waals surface area contributed by atoms with Gasteiger partial charge in [-0.3, -0.25) is 9.20 Å². The second-order valence-corrected chi connectivity index (χ2v) is 7.62. The van der Waals surface area contributed by atoms with Crippen molar-refractivity contribution in [3.8, 4) is 0 Å². The normalized spacial score (nSPS) is 16.0. The number of nitrogens with zero attached hydrogens (tertiary/aromatic N) is 5. The van der Waals surface area contributed by atoms with Crippen LogP contribution in [0.15, 0.2) is 42.5 Å². The van der Waals surface area contributed by atoms with E-state index >= 15 is 0 Å². The fourth-order valence-electron chi connectivity index (χ4n) is 4.12. The van der Waals surface area contributed by atoms with Gasteiger partial charge >= 0.3 is 0 Å². The van der Waals surface area contributed by atoms with E-state index in [4.69, 9.17) is 4.98 Å². The highest BCUT2D eigenvalue weighted by Crippen LogP contribution is 2.27. The molecule has 4 heterocycles. The largest absolute Gasteiger partial charge is 0.388 e. The predicted octanol–water partition coefficient (Wildman–Crippen LogP) is 2.35. The van der Waals surface area contributed by atoms with Crippen molar-refractivity contribution < 1.29 is 9.90 Å². The molecule has 1 fully saturated rings. The van der Waals surface area contributed by atoms with Crippen LogP contribution in [0, 0.1) is 0 Å². The van der Waals surface area contributed by atoms with Gasteiger partial charge in [0.1, 0.15) is 18.1 Å². The van der Waals surface area contributed by atoms with Crippen molar-refractivity contribution in [1.29, 1.82) is 0 Å². The van der Waals surface area contributed by atoms with Gasteiger partial charge in [0.25, 0.3) is 0 Å². The fraction of sp³-hybridized carbons (Fsp3) is 0.318. The molecule has 0 aliphatic carbocycles. The molecule has 0 atom stereocenters. The fourth-order valence-corrected chi connectivity index (χ4v) is 4.12. The van der Waals surface area contributed by atoms with Gasteiger partial charge in [-0.25, -0.2) is 9.97 Å². The van der Waals surface area contributed by atoms with Gasteiger partial charge in [-0.15, -0.1) is 0 Å². The van der Waals surface area contributed by atoms with Crippen LogP contribution in [-0.4, -0.2) is 70.0 Å². The van der Waals surface area contributed by atoms with Crippen LogP contribution in [0.1, 0.15) is 16.8 Å². The third-order valence-corrected chi connectivity index (χ3v) is 5.69. The van der Waals surface area contributed by atoms with Crippen LogP contribution in [0.5, 0.6) is 0 Å². The van der Waals surface area contributed by atoms with Crippen molar-refractivity contribution in [2.24, 2.45) is 0 Å². The molecule has 0 unspecified atom stereocenters. The van der Waals surface area contributed by atoms with Crippen molar-refractivity contribution in [2.75, 3.05) is 44.7 Å². The summed E-state index contributed by atoms with van der Waals surface area (Å²) in [5, 5.41) is 10.3. The summed E-state index contributed by atoms with van der Waals surface area (Å²) in [6.07, 6.45) is 1.10. The molecule has 0 bridgehead atoms. The van der Waals surface area contributed by atoms with Crippen molar-refractivity contribution >= 4 is 39.3 Å². The molecule has 0 radical (unpaired) electrons. The number of carbonyl (C=O) groups excluding carboxylic acids is 1. The molecule has 4 aromatic rings. The topological polar surface area (TPSA) is 74.0 Å². The minimum absolute atomic E-state index is 0.341. The van der Waals surface area contributed by atoms with Gasteiger partial charge in [-0.1, -0.05) is 12.1 Å². The number of benzene rings is 1. The number of rotatable bonds is 3. The maximum absolute atomic E-state index is 12.4. The van der Waals surface area contributed by atoms with Crippen molar-refractivity contribution in [3.63, 3.8) is 0 Å². The van der Waals surface area contributed by atoms with Crippen LogP contribution in [0.3, 0.4) is 0 Å². The Morgan fingerprint density at radius 3 is 2.76 bits per heavy atom. The highest BCUT2D eigenvalue weighted by Gasteiger charge is 2.19. The second-order valence-electron chi connectivity index (χ2n) is 7.62. The number of imidazole rings is 1. The number of para-hydroxylation sites is 2. The van der Waals surface area contributed by atoms with Crippen LogP contribution in [0.4, 0.5) is 5.82 Å². The van der Waals surface area contributed by atoms with E-state index in [9.17, 15) is 9.90 Å². The lowest BCUT2D eigenvalue weighted by Crippen LogP contribution is -2.29. The predicted molar refractivity (Wildman–Crippen MR) is 114 cm³/mol. The van der Waals surface area contributed by atoms with E-state index in [1.807, 2.05) is 40.8 Å². The Morgan fingerprint density at radius 1 is 1.03 bits per heavy atom. The van der Waals surface area contributed by atoms with Crippen LogP contribution < -0.4 is 4.90 Å². The van der Waals surface area contributed by atoms with Crippen LogP contribution in [0.2, 0.25) is 0 Å². The minimum atomic E-state index is -0.544. The molecule has 1 aromatic carbocycles.